The van der Waals surface area contributed by atoms with Gasteiger partial charge in [-0.05, 0) is 20.2 Å². The van der Waals surface area contributed by atoms with Crippen LogP contribution in [0.15, 0.2) is 18.2 Å². The number of hydrogen-bond acceptors (Lipinski definition) is 3. The molecule has 0 amide bonds. The monoisotopic (exact) mass is 244 g/mol. The summed E-state index contributed by atoms with van der Waals surface area (Å²) in [6, 6.07) is 3.18. The van der Waals surface area contributed by atoms with Crippen LogP contribution in [0.2, 0.25) is 0 Å². The van der Waals surface area contributed by atoms with E-state index in [9.17, 15) is 13.9 Å². The maximum Gasteiger partial charge on any atom is 0.131 e. The highest BCUT2D eigenvalue weighted by Gasteiger charge is 2.12. The minimum absolute atomic E-state index is 0.115. The molecule has 0 fully saturated rings. The van der Waals surface area contributed by atoms with Gasteiger partial charge in [-0.3, -0.25) is 0 Å². The maximum atomic E-state index is 13.3. The zero-order valence-electron chi connectivity index (χ0n) is 10.1. The lowest BCUT2D eigenvalue weighted by Crippen LogP contribution is -2.29. The minimum Gasteiger partial charge on any atom is -0.387 e. The molecule has 5 heteroatoms. The van der Waals surface area contributed by atoms with Gasteiger partial charge >= 0.3 is 0 Å². The van der Waals surface area contributed by atoms with Crippen LogP contribution in [0.4, 0.5) is 8.78 Å². The van der Waals surface area contributed by atoms with Crippen molar-refractivity contribution >= 4 is 0 Å². The first-order valence-corrected chi connectivity index (χ1v) is 5.49. The number of likely N-dealkylation sites (N-methyl/N-ethyl adjacent to an activating group) is 1. The van der Waals surface area contributed by atoms with E-state index in [1.165, 1.54) is 6.07 Å². The maximum absolute atomic E-state index is 13.3. The number of hydrogen-bond donors (Lipinski definition) is 2. The summed E-state index contributed by atoms with van der Waals surface area (Å²) in [6.07, 6.45) is -0.960. The van der Waals surface area contributed by atoms with E-state index in [-0.39, 0.29) is 12.1 Å². The highest BCUT2D eigenvalue weighted by atomic mass is 19.1. The Morgan fingerprint density at radius 1 is 1.35 bits per heavy atom. The topological polar surface area (TPSA) is 35.5 Å². The number of benzene rings is 1. The average Bonchev–Trinajstić information content (AvgIpc) is 2.23. The summed E-state index contributed by atoms with van der Waals surface area (Å²) in [5.41, 5.74) is 0.115. The highest BCUT2D eigenvalue weighted by molar-refractivity contribution is 5.21. The molecule has 17 heavy (non-hydrogen) atoms. The van der Waals surface area contributed by atoms with Crippen LogP contribution in [-0.4, -0.2) is 43.7 Å². The molecular formula is C12H18F2N2O. The van der Waals surface area contributed by atoms with Crippen molar-refractivity contribution in [1.29, 1.82) is 0 Å². The molecule has 0 aliphatic heterocycles. The first-order valence-electron chi connectivity index (χ1n) is 5.49. The number of rotatable bonds is 6. The van der Waals surface area contributed by atoms with Gasteiger partial charge in [0.15, 0.2) is 0 Å². The van der Waals surface area contributed by atoms with Crippen molar-refractivity contribution in [2.24, 2.45) is 0 Å². The molecule has 1 atom stereocenters. The number of nitrogens with one attached hydrogen (secondary N) is 1. The van der Waals surface area contributed by atoms with Crippen molar-refractivity contribution in [3.63, 3.8) is 0 Å². The Morgan fingerprint density at radius 3 is 2.65 bits per heavy atom. The summed E-state index contributed by atoms with van der Waals surface area (Å²) in [6.45, 7) is 1.78. The molecule has 3 nitrogen and oxygen atoms in total. The number of aliphatic hydroxyl groups is 1. The number of halogens is 2. The predicted molar refractivity (Wildman–Crippen MR) is 62.7 cm³/mol. The molecule has 1 aromatic rings. The second-order valence-electron chi connectivity index (χ2n) is 4.19. The number of nitrogens with zero attached hydrogens (tertiary/aromatic N) is 1. The average molecular weight is 244 g/mol. The van der Waals surface area contributed by atoms with Crippen molar-refractivity contribution in [2.45, 2.75) is 6.10 Å². The molecule has 1 unspecified atom stereocenters. The van der Waals surface area contributed by atoms with Gasteiger partial charge in [0.2, 0.25) is 0 Å². The van der Waals surface area contributed by atoms with Crippen LogP contribution in [-0.2, 0) is 0 Å². The molecule has 0 heterocycles. The van der Waals surface area contributed by atoms with E-state index in [2.05, 4.69) is 5.32 Å². The summed E-state index contributed by atoms with van der Waals surface area (Å²) in [5.74, 6) is -1.36. The smallest absolute Gasteiger partial charge is 0.131 e. The van der Waals surface area contributed by atoms with Crippen LogP contribution in [0.3, 0.4) is 0 Å². The van der Waals surface area contributed by atoms with E-state index in [1.807, 2.05) is 19.0 Å². The summed E-state index contributed by atoms with van der Waals surface area (Å²) in [4.78, 5) is 2.00. The Balaban J connectivity index is 2.44. The van der Waals surface area contributed by atoms with Crippen LogP contribution in [0.5, 0.6) is 0 Å². The third-order valence-electron chi connectivity index (χ3n) is 2.39. The van der Waals surface area contributed by atoms with Crippen LogP contribution in [0.1, 0.15) is 11.7 Å². The minimum atomic E-state index is -0.960. The molecule has 2 N–H and O–H groups in total. The molecule has 0 saturated heterocycles. The molecule has 0 bridgehead atoms. The third-order valence-corrected chi connectivity index (χ3v) is 2.39. The molecule has 0 radical (unpaired) electrons. The molecular weight excluding hydrogens is 226 g/mol. The summed E-state index contributed by atoms with van der Waals surface area (Å²) in [5, 5.41) is 12.7. The van der Waals surface area contributed by atoms with Gasteiger partial charge in [-0.25, -0.2) is 8.78 Å². The molecule has 0 saturated carbocycles. The fraction of sp³-hybridized carbons (Fsp3) is 0.500. The SMILES string of the molecule is CN(C)CCNCC(O)c1ccc(F)cc1F. The Labute approximate surface area is 100 Å². The van der Waals surface area contributed by atoms with Crippen molar-refractivity contribution in [2.75, 3.05) is 33.7 Å². The first-order chi connectivity index (χ1) is 8.00. The largest absolute Gasteiger partial charge is 0.387 e. The molecule has 96 valence electrons. The lowest BCUT2D eigenvalue weighted by molar-refractivity contribution is 0.169. The van der Waals surface area contributed by atoms with Crippen LogP contribution in [0.25, 0.3) is 0 Å². The van der Waals surface area contributed by atoms with Crippen LogP contribution in [0, 0.1) is 11.6 Å². The van der Waals surface area contributed by atoms with Gasteiger partial charge in [0.05, 0.1) is 6.10 Å². The van der Waals surface area contributed by atoms with Crippen molar-refractivity contribution in [3.05, 3.63) is 35.4 Å². The molecule has 1 rings (SSSR count). The van der Waals surface area contributed by atoms with Gasteiger partial charge in [0.25, 0.3) is 0 Å². The van der Waals surface area contributed by atoms with E-state index >= 15 is 0 Å². The molecule has 0 spiro atoms. The summed E-state index contributed by atoms with van der Waals surface area (Å²) in [7, 11) is 3.88. The highest BCUT2D eigenvalue weighted by Crippen LogP contribution is 2.17. The number of aliphatic hydroxyl groups excluding tert-OH is 1. The zero-order valence-corrected chi connectivity index (χ0v) is 10.1. The predicted octanol–water partition coefficient (Wildman–Crippen LogP) is 1.15. The Bertz CT molecular complexity index is 358. The van der Waals surface area contributed by atoms with Gasteiger partial charge in [-0.2, -0.15) is 0 Å². The Hall–Kier alpha value is -1.04. The van der Waals surface area contributed by atoms with Crippen LogP contribution < -0.4 is 5.32 Å². The van der Waals surface area contributed by atoms with Gasteiger partial charge in [0, 0.05) is 31.3 Å². The van der Waals surface area contributed by atoms with E-state index < -0.39 is 17.7 Å². The zero-order chi connectivity index (χ0) is 12.8. The van der Waals surface area contributed by atoms with E-state index in [4.69, 9.17) is 0 Å². The van der Waals surface area contributed by atoms with Crippen molar-refractivity contribution in [1.82, 2.24) is 10.2 Å². The fourth-order valence-corrected chi connectivity index (χ4v) is 1.42. The second-order valence-corrected chi connectivity index (χ2v) is 4.19. The summed E-state index contributed by atoms with van der Waals surface area (Å²) >= 11 is 0. The lowest BCUT2D eigenvalue weighted by Gasteiger charge is -2.14. The van der Waals surface area contributed by atoms with Gasteiger partial charge in [0.1, 0.15) is 11.6 Å². The molecule has 0 aliphatic carbocycles. The standard InChI is InChI=1S/C12H18F2N2O/c1-16(2)6-5-15-8-12(17)10-4-3-9(13)7-11(10)14/h3-4,7,12,15,17H,5-6,8H2,1-2H3. The van der Waals surface area contributed by atoms with E-state index in [0.29, 0.717) is 6.54 Å². The van der Waals surface area contributed by atoms with Crippen molar-refractivity contribution < 1.29 is 13.9 Å². The summed E-state index contributed by atoms with van der Waals surface area (Å²) < 4.78 is 26.0. The van der Waals surface area contributed by atoms with E-state index in [1.54, 1.807) is 0 Å². The van der Waals surface area contributed by atoms with Gasteiger partial charge in [-0.1, -0.05) is 6.07 Å². The Kier molecular flexibility index (Phi) is 5.47. The van der Waals surface area contributed by atoms with Gasteiger partial charge in [-0.15, -0.1) is 0 Å². The second kappa shape index (κ2) is 6.64. The first kappa shape index (κ1) is 14.0. The normalized spacial score (nSPS) is 13.1. The lowest BCUT2D eigenvalue weighted by atomic mass is 10.1. The van der Waals surface area contributed by atoms with Crippen LogP contribution >= 0.6 is 0 Å². The van der Waals surface area contributed by atoms with Crippen molar-refractivity contribution in [3.8, 4) is 0 Å². The third kappa shape index (κ3) is 4.77. The Morgan fingerprint density at radius 2 is 2.06 bits per heavy atom. The molecule has 1 aromatic carbocycles. The fourth-order valence-electron chi connectivity index (χ4n) is 1.42. The quantitative estimate of drug-likeness (QED) is 0.737. The molecule has 0 aliphatic rings. The molecule has 0 aromatic heterocycles. The van der Waals surface area contributed by atoms with E-state index in [0.717, 1.165) is 18.7 Å². The van der Waals surface area contributed by atoms with Gasteiger partial charge < -0.3 is 15.3 Å².